The van der Waals surface area contributed by atoms with Gasteiger partial charge in [0.05, 0.1) is 13.2 Å². The third kappa shape index (κ3) is 4.43. The van der Waals surface area contributed by atoms with Gasteiger partial charge in [-0.15, -0.1) is 0 Å². The monoisotopic (exact) mass is 358 g/mol. The molecule has 0 spiro atoms. The molecule has 0 bridgehead atoms. The SMILES string of the molecule is O=C(Nc1ccc(OC(F)F)c(F)c1)C1COCCN1C1CCCC1. The molecule has 1 atom stereocenters. The summed E-state index contributed by atoms with van der Waals surface area (Å²) in [5, 5.41) is 2.64. The second-order valence-corrected chi connectivity index (χ2v) is 6.28. The van der Waals surface area contributed by atoms with Gasteiger partial charge in [-0.25, -0.2) is 4.39 Å². The fourth-order valence-electron chi connectivity index (χ4n) is 3.51. The Labute approximate surface area is 144 Å². The normalized spacial score (nSPS) is 22.3. The third-order valence-corrected chi connectivity index (χ3v) is 4.68. The third-order valence-electron chi connectivity index (χ3n) is 4.68. The summed E-state index contributed by atoms with van der Waals surface area (Å²) in [4.78, 5) is 14.8. The van der Waals surface area contributed by atoms with Crippen LogP contribution in [0.15, 0.2) is 18.2 Å². The van der Waals surface area contributed by atoms with Crippen molar-refractivity contribution in [1.82, 2.24) is 4.90 Å². The largest absolute Gasteiger partial charge is 0.432 e. The van der Waals surface area contributed by atoms with Gasteiger partial charge in [0.2, 0.25) is 5.91 Å². The van der Waals surface area contributed by atoms with Crippen LogP contribution in [0.3, 0.4) is 0 Å². The number of benzene rings is 1. The van der Waals surface area contributed by atoms with E-state index in [1.807, 2.05) is 0 Å². The van der Waals surface area contributed by atoms with Crippen molar-refractivity contribution >= 4 is 11.6 Å². The van der Waals surface area contributed by atoms with Gasteiger partial charge in [-0.05, 0) is 25.0 Å². The van der Waals surface area contributed by atoms with Crippen molar-refractivity contribution in [3.8, 4) is 5.75 Å². The maximum absolute atomic E-state index is 13.8. The van der Waals surface area contributed by atoms with Crippen LogP contribution >= 0.6 is 0 Å². The molecule has 3 rings (SSSR count). The van der Waals surface area contributed by atoms with Crippen LogP contribution in [-0.4, -0.2) is 49.3 Å². The first-order chi connectivity index (χ1) is 12.0. The molecular formula is C17H21F3N2O3. The minimum absolute atomic E-state index is 0.195. The molecule has 1 saturated carbocycles. The van der Waals surface area contributed by atoms with Crippen molar-refractivity contribution in [2.45, 2.75) is 44.4 Å². The number of hydrogen-bond acceptors (Lipinski definition) is 4. The molecule has 138 valence electrons. The fraction of sp³-hybridized carbons (Fsp3) is 0.588. The number of hydrogen-bond donors (Lipinski definition) is 1. The van der Waals surface area contributed by atoms with Gasteiger partial charge < -0.3 is 14.8 Å². The van der Waals surface area contributed by atoms with Gasteiger partial charge in [0.1, 0.15) is 6.04 Å². The van der Waals surface area contributed by atoms with Gasteiger partial charge in [0.25, 0.3) is 0 Å². The molecule has 5 nitrogen and oxygen atoms in total. The number of ether oxygens (including phenoxy) is 2. The van der Waals surface area contributed by atoms with E-state index in [-0.39, 0.29) is 18.2 Å². The van der Waals surface area contributed by atoms with Crippen molar-refractivity contribution in [3.05, 3.63) is 24.0 Å². The summed E-state index contributed by atoms with van der Waals surface area (Å²) in [5.74, 6) is -1.79. The molecule has 1 aromatic rings. The van der Waals surface area contributed by atoms with E-state index in [2.05, 4.69) is 15.0 Å². The highest BCUT2D eigenvalue weighted by molar-refractivity contribution is 5.95. The zero-order valence-electron chi connectivity index (χ0n) is 13.7. The van der Waals surface area contributed by atoms with Crippen LogP contribution in [0.25, 0.3) is 0 Å². The van der Waals surface area contributed by atoms with Gasteiger partial charge in [-0.2, -0.15) is 8.78 Å². The summed E-state index contributed by atoms with van der Waals surface area (Å²) < 4.78 is 47.6. The van der Waals surface area contributed by atoms with Crippen molar-refractivity contribution in [2.75, 3.05) is 25.1 Å². The molecule has 0 radical (unpaired) electrons. The molecule has 0 aromatic heterocycles. The van der Waals surface area contributed by atoms with E-state index in [9.17, 15) is 18.0 Å². The Balaban J connectivity index is 1.66. The van der Waals surface area contributed by atoms with E-state index in [1.54, 1.807) is 0 Å². The maximum atomic E-state index is 13.8. The predicted octanol–water partition coefficient (Wildman–Crippen LogP) is 3.01. The summed E-state index contributed by atoms with van der Waals surface area (Å²) in [6, 6.07) is 3.32. The Morgan fingerprint density at radius 3 is 2.76 bits per heavy atom. The van der Waals surface area contributed by atoms with Gasteiger partial charge >= 0.3 is 6.61 Å². The second kappa shape index (κ2) is 8.05. The van der Waals surface area contributed by atoms with E-state index in [0.29, 0.717) is 19.2 Å². The van der Waals surface area contributed by atoms with E-state index in [0.717, 1.165) is 37.8 Å². The van der Waals surface area contributed by atoms with Crippen LogP contribution in [0.5, 0.6) is 5.75 Å². The van der Waals surface area contributed by atoms with Crippen molar-refractivity contribution in [2.24, 2.45) is 0 Å². The van der Waals surface area contributed by atoms with Crippen LogP contribution in [0, 0.1) is 5.82 Å². The summed E-state index contributed by atoms with van der Waals surface area (Å²) in [6.45, 7) is -1.53. The summed E-state index contributed by atoms with van der Waals surface area (Å²) in [5.41, 5.74) is 0.195. The molecule has 8 heteroatoms. The minimum atomic E-state index is -3.10. The number of halogens is 3. The molecule has 1 aliphatic carbocycles. The van der Waals surface area contributed by atoms with Crippen LogP contribution in [0.4, 0.5) is 18.9 Å². The summed E-state index contributed by atoms with van der Waals surface area (Å²) in [7, 11) is 0. The van der Waals surface area contributed by atoms with Crippen LogP contribution < -0.4 is 10.1 Å². The number of nitrogens with one attached hydrogen (secondary N) is 1. The Hall–Kier alpha value is -1.80. The van der Waals surface area contributed by atoms with Crippen molar-refractivity contribution < 1.29 is 27.4 Å². The molecule has 1 N–H and O–H groups in total. The lowest BCUT2D eigenvalue weighted by Gasteiger charge is -2.38. The summed E-state index contributed by atoms with van der Waals surface area (Å²) in [6.07, 6.45) is 4.45. The topological polar surface area (TPSA) is 50.8 Å². The lowest BCUT2D eigenvalue weighted by molar-refractivity contribution is -0.129. The Bertz CT molecular complexity index is 609. The molecule has 1 aromatic carbocycles. The van der Waals surface area contributed by atoms with Crippen LogP contribution in [-0.2, 0) is 9.53 Å². The highest BCUT2D eigenvalue weighted by atomic mass is 19.3. The van der Waals surface area contributed by atoms with Crippen molar-refractivity contribution in [3.63, 3.8) is 0 Å². The van der Waals surface area contributed by atoms with Gasteiger partial charge in [-0.1, -0.05) is 12.8 Å². The molecule has 1 heterocycles. The average molecular weight is 358 g/mol. The first-order valence-electron chi connectivity index (χ1n) is 8.43. The average Bonchev–Trinajstić information content (AvgIpc) is 3.11. The lowest BCUT2D eigenvalue weighted by Crippen LogP contribution is -2.55. The zero-order chi connectivity index (χ0) is 17.8. The quantitative estimate of drug-likeness (QED) is 0.879. The maximum Gasteiger partial charge on any atom is 0.387 e. The number of carbonyl (C=O) groups excluding carboxylic acids is 1. The number of amides is 1. The second-order valence-electron chi connectivity index (χ2n) is 6.28. The van der Waals surface area contributed by atoms with E-state index in [4.69, 9.17) is 4.74 Å². The molecule has 2 fully saturated rings. The fourth-order valence-corrected chi connectivity index (χ4v) is 3.51. The number of alkyl halides is 2. The molecule has 1 saturated heterocycles. The zero-order valence-corrected chi connectivity index (χ0v) is 13.7. The predicted molar refractivity (Wildman–Crippen MR) is 85.2 cm³/mol. The van der Waals surface area contributed by atoms with Crippen molar-refractivity contribution in [1.29, 1.82) is 0 Å². The minimum Gasteiger partial charge on any atom is -0.432 e. The Kier molecular flexibility index (Phi) is 5.80. The Morgan fingerprint density at radius 2 is 2.08 bits per heavy atom. The standard InChI is InChI=1S/C17H21F3N2O3/c18-13-9-11(5-6-15(13)25-17(19)20)21-16(23)14-10-24-8-7-22(14)12-3-1-2-4-12/h5-6,9,12,14,17H,1-4,7-8,10H2,(H,21,23). The highest BCUT2D eigenvalue weighted by Gasteiger charge is 2.35. The number of rotatable bonds is 5. The molecular weight excluding hydrogens is 337 g/mol. The van der Waals surface area contributed by atoms with Crippen LogP contribution in [0.2, 0.25) is 0 Å². The van der Waals surface area contributed by atoms with E-state index in [1.165, 1.54) is 6.07 Å². The molecule has 1 unspecified atom stereocenters. The number of nitrogens with zero attached hydrogens (tertiary/aromatic N) is 1. The highest BCUT2D eigenvalue weighted by Crippen LogP contribution is 2.27. The van der Waals surface area contributed by atoms with Gasteiger partial charge in [0.15, 0.2) is 11.6 Å². The first kappa shape index (κ1) is 18.0. The number of anilines is 1. The molecule has 25 heavy (non-hydrogen) atoms. The molecule has 1 amide bonds. The lowest BCUT2D eigenvalue weighted by atomic mass is 10.1. The Morgan fingerprint density at radius 1 is 1.32 bits per heavy atom. The van der Waals surface area contributed by atoms with E-state index >= 15 is 0 Å². The van der Waals surface area contributed by atoms with Crippen LogP contribution in [0.1, 0.15) is 25.7 Å². The van der Waals surface area contributed by atoms with E-state index < -0.39 is 24.2 Å². The number of carbonyl (C=O) groups is 1. The molecule has 1 aliphatic heterocycles. The molecule has 2 aliphatic rings. The van der Waals surface area contributed by atoms with Gasteiger partial charge in [-0.3, -0.25) is 9.69 Å². The smallest absolute Gasteiger partial charge is 0.387 e. The summed E-state index contributed by atoms with van der Waals surface area (Å²) >= 11 is 0. The van der Waals surface area contributed by atoms with Gasteiger partial charge in [0, 0.05) is 24.3 Å². The number of morpholine rings is 1. The first-order valence-corrected chi connectivity index (χ1v) is 8.43.